The van der Waals surface area contributed by atoms with Gasteiger partial charge in [-0.1, -0.05) is 6.92 Å². The van der Waals surface area contributed by atoms with E-state index in [0.29, 0.717) is 0 Å². The van der Waals surface area contributed by atoms with E-state index in [1.54, 1.807) is 0 Å². The third-order valence-electron chi connectivity index (χ3n) is 3.11. The summed E-state index contributed by atoms with van der Waals surface area (Å²) in [5.41, 5.74) is 4.91. The maximum atomic E-state index is 10.4. The SMILES string of the molecule is CC1C2CC(OC(N)=O)CC12. The molecule has 2 fully saturated rings. The predicted octanol–water partition coefficient (Wildman–Crippen LogP) is 1.13. The lowest BCUT2D eigenvalue weighted by atomic mass is 10.1. The number of ether oxygens (including phenoxy) is 1. The monoisotopic (exact) mass is 155 g/mol. The largest absolute Gasteiger partial charge is 0.446 e. The van der Waals surface area contributed by atoms with E-state index in [0.717, 1.165) is 30.6 Å². The molecule has 0 aromatic carbocycles. The first-order valence-electron chi connectivity index (χ1n) is 4.14. The number of primary amides is 1. The molecule has 2 aliphatic rings. The standard InChI is InChI=1S/C8H13NO2/c1-4-6-2-5(3-7(4)6)11-8(9)10/h4-7H,2-3H2,1H3,(H2,9,10). The molecule has 2 unspecified atom stereocenters. The number of nitrogens with two attached hydrogens (primary N) is 1. The molecule has 3 nitrogen and oxygen atoms in total. The molecule has 1 amide bonds. The summed E-state index contributed by atoms with van der Waals surface area (Å²) >= 11 is 0. The Morgan fingerprint density at radius 1 is 1.45 bits per heavy atom. The van der Waals surface area contributed by atoms with E-state index in [9.17, 15) is 4.79 Å². The van der Waals surface area contributed by atoms with Crippen LogP contribution in [0.5, 0.6) is 0 Å². The first kappa shape index (κ1) is 6.95. The fraction of sp³-hybridized carbons (Fsp3) is 0.875. The molecule has 2 rings (SSSR count). The summed E-state index contributed by atoms with van der Waals surface area (Å²) < 4.78 is 4.90. The van der Waals surface area contributed by atoms with Crippen LogP contribution in [0.2, 0.25) is 0 Å². The fourth-order valence-electron chi connectivity index (χ4n) is 2.38. The van der Waals surface area contributed by atoms with E-state index >= 15 is 0 Å². The summed E-state index contributed by atoms with van der Waals surface area (Å²) in [6.07, 6.45) is 1.58. The second kappa shape index (κ2) is 2.13. The Labute approximate surface area is 65.9 Å². The van der Waals surface area contributed by atoms with Gasteiger partial charge >= 0.3 is 6.09 Å². The van der Waals surface area contributed by atoms with Crippen molar-refractivity contribution in [2.75, 3.05) is 0 Å². The Balaban J connectivity index is 1.81. The van der Waals surface area contributed by atoms with Crippen LogP contribution in [0.3, 0.4) is 0 Å². The molecule has 3 heteroatoms. The van der Waals surface area contributed by atoms with Gasteiger partial charge in [0, 0.05) is 0 Å². The number of carbonyl (C=O) groups excluding carboxylic acids is 1. The molecule has 0 saturated heterocycles. The van der Waals surface area contributed by atoms with Crippen LogP contribution in [-0.4, -0.2) is 12.2 Å². The molecule has 0 bridgehead atoms. The van der Waals surface area contributed by atoms with Gasteiger partial charge in [0.15, 0.2) is 0 Å². The number of amides is 1. The molecule has 62 valence electrons. The number of hydrogen-bond acceptors (Lipinski definition) is 2. The van der Waals surface area contributed by atoms with E-state index < -0.39 is 6.09 Å². The average Bonchev–Trinajstić information content (AvgIpc) is 2.44. The Morgan fingerprint density at radius 2 is 2.00 bits per heavy atom. The number of rotatable bonds is 1. The van der Waals surface area contributed by atoms with Gasteiger partial charge < -0.3 is 10.5 Å². The Hall–Kier alpha value is -0.730. The van der Waals surface area contributed by atoms with Gasteiger partial charge in [0.1, 0.15) is 6.10 Å². The molecular weight excluding hydrogens is 142 g/mol. The molecule has 2 N–H and O–H groups in total. The van der Waals surface area contributed by atoms with Crippen molar-refractivity contribution in [1.82, 2.24) is 0 Å². The van der Waals surface area contributed by atoms with Crippen molar-refractivity contribution in [1.29, 1.82) is 0 Å². The number of fused-ring (bicyclic) bond motifs is 1. The minimum Gasteiger partial charge on any atom is -0.446 e. The highest BCUT2D eigenvalue weighted by Gasteiger charge is 2.54. The van der Waals surface area contributed by atoms with Crippen molar-refractivity contribution < 1.29 is 9.53 Å². The minimum atomic E-state index is -0.621. The van der Waals surface area contributed by atoms with Crippen LogP contribution >= 0.6 is 0 Å². The quantitative estimate of drug-likeness (QED) is 0.617. The number of hydrogen-bond donors (Lipinski definition) is 1. The zero-order valence-corrected chi connectivity index (χ0v) is 6.62. The lowest BCUT2D eigenvalue weighted by Gasteiger charge is -2.11. The highest BCUT2D eigenvalue weighted by atomic mass is 16.6. The maximum Gasteiger partial charge on any atom is 0.404 e. The molecule has 11 heavy (non-hydrogen) atoms. The molecule has 0 aromatic rings. The van der Waals surface area contributed by atoms with Gasteiger partial charge in [-0.3, -0.25) is 0 Å². The van der Waals surface area contributed by atoms with Gasteiger partial charge in [-0.15, -0.1) is 0 Å². The first-order chi connectivity index (χ1) is 5.18. The van der Waals surface area contributed by atoms with Crippen LogP contribution < -0.4 is 5.73 Å². The van der Waals surface area contributed by atoms with E-state index in [1.165, 1.54) is 0 Å². The third kappa shape index (κ3) is 1.08. The average molecular weight is 155 g/mol. The molecule has 0 heterocycles. The predicted molar refractivity (Wildman–Crippen MR) is 39.8 cm³/mol. The van der Waals surface area contributed by atoms with E-state index in [-0.39, 0.29) is 6.10 Å². The Bertz CT molecular complexity index is 181. The minimum absolute atomic E-state index is 0.124. The molecule has 2 saturated carbocycles. The number of carbonyl (C=O) groups is 1. The van der Waals surface area contributed by atoms with Gasteiger partial charge in [0.25, 0.3) is 0 Å². The van der Waals surface area contributed by atoms with Crippen LogP contribution in [0, 0.1) is 17.8 Å². The molecule has 2 aliphatic carbocycles. The fourth-order valence-corrected chi connectivity index (χ4v) is 2.38. The molecule has 2 atom stereocenters. The van der Waals surface area contributed by atoms with E-state index in [2.05, 4.69) is 6.92 Å². The molecule has 0 aromatic heterocycles. The normalized spacial score (nSPS) is 46.6. The van der Waals surface area contributed by atoms with Crippen LogP contribution in [0.1, 0.15) is 19.8 Å². The van der Waals surface area contributed by atoms with Gasteiger partial charge in [-0.05, 0) is 30.6 Å². The second-order valence-electron chi connectivity index (χ2n) is 3.72. The van der Waals surface area contributed by atoms with Crippen LogP contribution in [0.4, 0.5) is 4.79 Å². The highest BCUT2D eigenvalue weighted by molar-refractivity contribution is 5.64. The highest BCUT2D eigenvalue weighted by Crippen LogP contribution is 2.57. The first-order valence-corrected chi connectivity index (χ1v) is 4.14. The Kier molecular flexibility index (Phi) is 1.34. The zero-order valence-electron chi connectivity index (χ0n) is 6.62. The van der Waals surface area contributed by atoms with Crippen molar-refractivity contribution >= 4 is 6.09 Å². The van der Waals surface area contributed by atoms with Crippen LogP contribution in [-0.2, 0) is 4.74 Å². The summed E-state index contributed by atoms with van der Waals surface area (Å²) in [5, 5.41) is 0. The lowest BCUT2D eigenvalue weighted by Crippen LogP contribution is -2.21. The van der Waals surface area contributed by atoms with Crippen molar-refractivity contribution in [2.24, 2.45) is 23.5 Å². The van der Waals surface area contributed by atoms with Crippen molar-refractivity contribution in [3.63, 3.8) is 0 Å². The van der Waals surface area contributed by atoms with Gasteiger partial charge in [-0.25, -0.2) is 4.79 Å². The molecule has 0 spiro atoms. The maximum absolute atomic E-state index is 10.4. The lowest BCUT2D eigenvalue weighted by molar-refractivity contribution is 0.100. The molecule has 0 radical (unpaired) electrons. The van der Waals surface area contributed by atoms with Gasteiger partial charge in [0.05, 0.1) is 0 Å². The molecule has 0 aliphatic heterocycles. The van der Waals surface area contributed by atoms with E-state index in [1.807, 2.05) is 0 Å². The summed E-state index contributed by atoms with van der Waals surface area (Å²) in [5.74, 6) is 2.50. The van der Waals surface area contributed by atoms with Crippen LogP contribution in [0.25, 0.3) is 0 Å². The van der Waals surface area contributed by atoms with E-state index in [4.69, 9.17) is 10.5 Å². The summed E-state index contributed by atoms with van der Waals surface area (Å²) in [6, 6.07) is 0. The third-order valence-corrected chi connectivity index (χ3v) is 3.11. The summed E-state index contributed by atoms with van der Waals surface area (Å²) in [6.45, 7) is 2.26. The van der Waals surface area contributed by atoms with Gasteiger partial charge in [0.2, 0.25) is 0 Å². The smallest absolute Gasteiger partial charge is 0.404 e. The Morgan fingerprint density at radius 3 is 2.45 bits per heavy atom. The topological polar surface area (TPSA) is 52.3 Å². The molecular formula is C8H13NO2. The summed E-state index contributed by atoms with van der Waals surface area (Å²) in [4.78, 5) is 10.4. The summed E-state index contributed by atoms with van der Waals surface area (Å²) in [7, 11) is 0. The van der Waals surface area contributed by atoms with Crippen LogP contribution in [0.15, 0.2) is 0 Å². The van der Waals surface area contributed by atoms with Crippen molar-refractivity contribution in [2.45, 2.75) is 25.9 Å². The van der Waals surface area contributed by atoms with Gasteiger partial charge in [-0.2, -0.15) is 0 Å². The zero-order chi connectivity index (χ0) is 8.01. The second-order valence-corrected chi connectivity index (χ2v) is 3.72. The van der Waals surface area contributed by atoms with Crippen molar-refractivity contribution in [3.8, 4) is 0 Å². The van der Waals surface area contributed by atoms with Crippen molar-refractivity contribution in [3.05, 3.63) is 0 Å².